The molecule has 0 bridgehead atoms. The highest BCUT2D eigenvalue weighted by Gasteiger charge is 2.38. The fourth-order valence-corrected chi connectivity index (χ4v) is 3.78. The molecule has 2 aromatic carbocycles. The molecule has 1 atom stereocenters. The Morgan fingerprint density at radius 3 is 2.33 bits per heavy atom. The molecular weight excluding hydrogens is 352 g/mol. The first kappa shape index (κ1) is 19.5. The first-order valence-electron chi connectivity index (χ1n) is 9.36. The molecule has 1 N–H and O–H groups in total. The van der Waals surface area contributed by atoms with Crippen LogP contribution in [-0.2, 0) is 9.22 Å². The minimum Gasteiger partial charge on any atom is -0.414 e. The summed E-state index contributed by atoms with van der Waals surface area (Å²) in [7, 11) is -1.91. The molecule has 1 aliphatic rings. The van der Waals surface area contributed by atoms with E-state index in [1.54, 1.807) is 0 Å². The van der Waals surface area contributed by atoms with E-state index in [4.69, 9.17) is 9.42 Å². The molecule has 3 rings (SSSR count). The second-order valence-corrected chi connectivity index (χ2v) is 13.3. The van der Waals surface area contributed by atoms with Gasteiger partial charge in [-0.3, -0.25) is 9.79 Å². The first-order valence-corrected chi connectivity index (χ1v) is 12.3. The SMILES string of the molecule is CC(C)(C)[Si](C)(C)OC[C@H](N=C1C(=O)Nc2ccccc21)c1ccccc1. The van der Waals surface area contributed by atoms with Crippen molar-refractivity contribution in [3.8, 4) is 0 Å². The quantitative estimate of drug-likeness (QED) is 0.726. The van der Waals surface area contributed by atoms with Gasteiger partial charge in [0.05, 0.1) is 18.3 Å². The largest absolute Gasteiger partial charge is 0.414 e. The minimum absolute atomic E-state index is 0.124. The van der Waals surface area contributed by atoms with Gasteiger partial charge in [0, 0.05) is 5.56 Å². The van der Waals surface area contributed by atoms with Crippen molar-refractivity contribution in [1.82, 2.24) is 0 Å². The molecule has 27 heavy (non-hydrogen) atoms. The van der Waals surface area contributed by atoms with E-state index in [2.05, 4.69) is 39.2 Å². The summed E-state index contributed by atoms with van der Waals surface area (Å²) in [6, 6.07) is 17.5. The van der Waals surface area contributed by atoms with Crippen LogP contribution in [0.15, 0.2) is 59.6 Å². The van der Waals surface area contributed by atoms with Crippen LogP contribution in [0.3, 0.4) is 0 Å². The van der Waals surface area contributed by atoms with Crippen molar-refractivity contribution in [3.05, 3.63) is 65.7 Å². The van der Waals surface area contributed by atoms with Crippen LogP contribution in [0.1, 0.15) is 37.9 Å². The molecule has 0 saturated heterocycles. The van der Waals surface area contributed by atoms with Crippen molar-refractivity contribution in [2.45, 2.75) is 44.9 Å². The van der Waals surface area contributed by atoms with Crippen LogP contribution in [0, 0.1) is 0 Å². The summed E-state index contributed by atoms with van der Waals surface area (Å²) in [6.07, 6.45) is 0. The van der Waals surface area contributed by atoms with Gasteiger partial charge in [-0.1, -0.05) is 69.3 Å². The summed E-state index contributed by atoms with van der Waals surface area (Å²) in [6.45, 7) is 11.6. The number of anilines is 1. The number of rotatable bonds is 5. The lowest BCUT2D eigenvalue weighted by Gasteiger charge is -2.37. The molecule has 2 aromatic rings. The Bertz CT molecular complexity index is 854. The number of benzene rings is 2. The number of aliphatic imine (C=N–C) groups is 1. The van der Waals surface area contributed by atoms with Crippen molar-refractivity contribution < 1.29 is 9.22 Å². The molecule has 0 aliphatic carbocycles. The zero-order valence-corrected chi connectivity index (χ0v) is 17.7. The smallest absolute Gasteiger partial charge is 0.274 e. The number of carbonyl (C=O) groups excluding carboxylic acids is 1. The van der Waals surface area contributed by atoms with Gasteiger partial charge in [-0.05, 0) is 29.8 Å². The Kier molecular flexibility index (Phi) is 5.35. The van der Waals surface area contributed by atoms with E-state index >= 15 is 0 Å². The van der Waals surface area contributed by atoms with Crippen LogP contribution in [0.25, 0.3) is 0 Å². The molecule has 0 spiro atoms. The summed E-state index contributed by atoms with van der Waals surface area (Å²) in [5.41, 5.74) is 3.22. The van der Waals surface area contributed by atoms with Crippen molar-refractivity contribution in [3.63, 3.8) is 0 Å². The summed E-state index contributed by atoms with van der Waals surface area (Å²) in [4.78, 5) is 17.3. The van der Waals surface area contributed by atoms with Crippen LogP contribution in [0.2, 0.25) is 18.1 Å². The summed E-state index contributed by atoms with van der Waals surface area (Å²) in [5, 5.41) is 3.02. The Morgan fingerprint density at radius 2 is 1.67 bits per heavy atom. The van der Waals surface area contributed by atoms with Crippen molar-refractivity contribution >= 4 is 25.6 Å². The van der Waals surface area contributed by atoms with E-state index in [-0.39, 0.29) is 17.0 Å². The third kappa shape index (κ3) is 4.20. The number of nitrogens with one attached hydrogen (secondary N) is 1. The number of hydrogen-bond acceptors (Lipinski definition) is 3. The number of fused-ring (bicyclic) bond motifs is 1. The third-order valence-corrected chi connectivity index (χ3v) is 10.0. The number of carbonyl (C=O) groups is 1. The van der Waals surface area contributed by atoms with Crippen LogP contribution in [0.5, 0.6) is 0 Å². The second-order valence-electron chi connectivity index (χ2n) is 8.48. The van der Waals surface area contributed by atoms with Gasteiger partial charge in [0.2, 0.25) is 0 Å². The van der Waals surface area contributed by atoms with E-state index in [1.165, 1.54) is 0 Å². The number of amides is 1. The van der Waals surface area contributed by atoms with Gasteiger partial charge in [-0.15, -0.1) is 0 Å². The molecule has 0 aromatic heterocycles. The van der Waals surface area contributed by atoms with Gasteiger partial charge in [-0.25, -0.2) is 0 Å². The van der Waals surface area contributed by atoms with Gasteiger partial charge in [-0.2, -0.15) is 0 Å². The zero-order chi connectivity index (χ0) is 19.7. The van der Waals surface area contributed by atoms with E-state index < -0.39 is 8.32 Å². The average molecular weight is 381 g/mol. The lowest BCUT2D eigenvalue weighted by atomic mass is 10.1. The topological polar surface area (TPSA) is 50.7 Å². The Hall–Kier alpha value is -2.24. The van der Waals surface area contributed by atoms with Gasteiger partial charge >= 0.3 is 0 Å². The van der Waals surface area contributed by atoms with E-state index in [9.17, 15) is 4.79 Å². The first-order chi connectivity index (χ1) is 12.7. The third-order valence-electron chi connectivity index (χ3n) is 5.52. The fourth-order valence-electron chi connectivity index (χ4n) is 2.77. The highest BCUT2D eigenvalue weighted by molar-refractivity contribution is 6.74. The standard InChI is InChI=1S/C22H28N2O2Si/c1-22(2,3)27(4,5)26-15-19(16-11-7-6-8-12-16)23-20-17-13-9-10-14-18(17)24-21(20)25/h6-14,19H,15H2,1-5H3,(H,23,24,25)/t19-/m0/s1. The molecule has 1 aliphatic heterocycles. The predicted octanol–water partition coefficient (Wildman–Crippen LogP) is 5.19. The monoisotopic (exact) mass is 380 g/mol. The highest BCUT2D eigenvalue weighted by atomic mass is 28.4. The highest BCUT2D eigenvalue weighted by Crippen LogP contribution is 2.37. The van der Waals surface area contributed by atoms with Crippen LogP contribution in [0.4, 0.5) is 5.69 Å². The van der Waals surface area contributed by atoms with Gasteiger partial charge in [0.15, 0.2) is 8.32 Å². The Labute approximate surface area is 162 Å². The lowest BCUT2D eigenvalue weighted by Crippen LogP contribution is -2.41. The van der Waals surface area contributed by atoms with E-state index in [0.29, 0.717) is 12.3 Å². The molecule has 4 nitrogen and oxygen atoms in total. The van der Waals surface area contributed by atoms with Crippen molar-refractivity contribution in [1.29, 1.82) is 0 Å². The molecular formula is C22H28N2O2Si. The predicted molar refractivity (Wildman–Crippen MR) is 114 cm³/mol. The molecule has 0 unspecified atom stereocenters. The normalized spacial score (nSPS) is 16.9. The maximum atomic E-state index is 12.5. The Balaban J connectivity index is 1.94. The van der Waals surface area contributed by atoms with E-state index in [0.717, 1.165) is 16.8 Å². The van der Waals surface area contributed by atoms with Crippen LogP contribution >= 0.6 is 0 Å². The zero-order valence-electron chi connectivity index (χ0n) is 16.7. The number of hydrogen-bond donors (Lipinski definition) is 1. The number of nitrogens with zero attached hydrogens (tertiary/aromatic N) is 1. The lowest BCUT2D eigenvalue weighted by molar-refractivity contribution is -0.110. The van der Waals surface area contributed by atoms with Gasteiger partial charge in [0.25, 0.3) is 5.91 Å². The maximum Gasteiger partial charge on any atom is 0.274 e. The van der Waals surface area contributed by atoms with Gasteiger partial charge < -0.3 is 9.74 Å². The second kappa shape index (κ2) is 7.41. The summed E-state index contributed by atoms with van der Waals surface area (Å²) >= 11 is 0. The Morgan fingerprint density at radius 1 is 1.04 bits per heavy atom. The minimum atomic E-state index is -1.91. The maximum absolute atomic E-state index is 12.5. The van der Waals surface area contributed by atoms with Crippen LogP contribution < -0.4 is 5.32 Å². The molecule has 5 heteroatoms. The molecule has 142 valence electrons. The fraction of sp³-hybridized carbons (Fsp3) is 0.364. The molecule has 0 radical (unpaired) electrons. The number of para-hydroxylation sites is 1. The van der Waals surface area contributed by atoms with Crippen molar-refractivity contribution in [2.75, 3.05) is 11.9 Å². The van der Waals surface area contributed by atoms with Gasteiger partial charge in [0.1, 0.15) is 5.71 Å². The average Bonchev–Trinajstić information content (AvgIpc) is 2.93. The molecule has 0 saturated carbocycles. The van der Waals surface area contributed by atoms with Crippen molar-refractivity contribution in [2.24, 2.45) is 4.99 Å². The summed E-state index contributed by atoms with van der Waals surface area (Å²) < 4.78 is 6.44. The molecule has 1 amide bonds. The summed E-state index contributed by atoms with van der Waals surface area (Å²) in [5.74, 6) is -0.149. The van der Waals surface area contributed by atoms with Crippen LogP contribution in [-0.4, -0.2) is 26.5 Å². The molecule has 0 fully saturated rings. The van der Waals surface area contributed by atoms with E-state index in [1.807, 2.05) is 54.6 Å². The molecule has 1 heterocycles.